The predicted molar refractivity (Wildman–Crippen MR) is 74.2 cm³/mol. The number of carbonyl (C=O) groups is 1. The van der Waals surface area contributed by atoms with E-state index in [-0.39, 0.29) is 17.3 Å². The summed E-state index contributed by atoms with van der Waals surface area (Å²) in [5, 5.41) is 2.88. The highest BCUT2D eigenvalue weighted by Gasteiger charge is 2.27. The number of hydrogen-bond donors (Lipinski definition) is 2. The second-order valence-electron chi connectivity index (χ2n) is 5.83. The summed E-state index contributed by atoms with van der Waals surface area (Å²) >= 11 is 0. The molecule has 3 unspecified atom stereocenters. The monoisotopic (exact) mass is 282 g/mol. The smallest absolute Gasteiger partial charge is 0.253 e. The van der Waals surface area contributed by atoms with Gasteiger partial charge >= 0.3 is 0 Å². The average Bonchev–Trinajstić information content (AvgIpc) is 2.37. The zero-order chi connectivity index (χ0) is 14.9. The number of amides is 1. The lowest BCUT2D eigenvalue weighted by molar-refractivity contribution is 0.0900. The molecule has 1 aromatic rings. The first kappa shape index (κ1) is 14.8. The quantitative estimate of drug-likeness (QED) is 0.819. The van der Waals surface area contributed by atoms with Crippen LogP contribution in [0, 0.1) is 23.5 Å². The highest BCUT2D eigenvalue weighted by Crippen LogP contribution is 2.29. The second kappa shape index (κ2) is 5.77. The Morgan fingerprint density at radius 1 is 1.25 bits per heavy atom. The Labute approximate surface area is 117 Å². The fourth-order valence-corrected chi connectivity index (χ4v) is 2.88. The fourth-order valence-electron chi connectivity index (χ4n) is 2.88. The summed E-state index contributed by atoms with van der Waals surface area (Å²) < 4.78 is 26.2. The highest BCUT2D eigenvalue weighted by molar-refractivity contribution is 5.99. The first-order valence-electron chi connectivity index (χ1n) is 6.94. The first-order valence-corrected chi connectivity index (χ1v) is 6.94. The van der Waals surface area contributed by atoms with Gasteiger partial charge in [0.05, 0.1) is 5.56 Å². The Kier molecular flexibility index (Phi) is 4.26. The van der Waals surface area contributed by atoms with Crippen LogP contribution in [0.2, 0.25) is 0 Å². The van der Waals surface area contributed by atoms with Crippen LogP contribution in [0.3, 0.4) is 0 Å². The van der Waals surface area contributed by atoms with E-state index < -0.39 is 17.5 Å². The first-order chi connectivity index (χ1) is 9.38. The van der Waals surface area contributed by atoms with E-state index in [1.807, 2.05) is 0 Å². The van der Waals surface area contributed by atoms with Crippen molar-refractivity contribution in [2.24, 2.45) is 11.8 Å². The molecule has 1 amide bonds. The standard InChI is InChI=1S/C15H20F2N2O/c1-8-3-4-14(9(2)5-8)19-15(20)10-6-11(16)12(17)7-13(10)18/h6-9,14H,3-5,18H2,1-2H3,(H,19,20). The van der Waals surface area contributed by atoms with Gasteiger partial charge in [-0.3, -0.25) is 4.79 Å². The van der Waals surface area contributed by atoms with E-state index in [9.17, 15) is 13.6 Å². The number of nitrogen functional groups attached to an aromatic ring is 1. The number of carbonyl (C=O) groups excluding carboxylic acids is 1. The molecule has 1 aliphatic rings. The Morgan fingerprint density at radius 2 is 1.90 bits per heavy atom. The number of nitrogens with two attached hydrogens (primary N) is 1. The van der Waals surface area contributed by atoms with E-state index in [1.54, 1.807) is 0 Å². The topological polar surface area (TPSA) is 55.1 Å². The van der Waals surface area contributed by atoms with Crippen LogP contribution < -0.4 is 11.1 Å². The summed E-state index contributed by atoms with van der Waals surface area (Å²) in [6, 6.07) is 1.76. The zero-order valence-corrected chi connectivity index (χ0v) is 11.7. The van der Waals surface area contributed by atoms with Crippen LogP contribution in [-0.2, 0) is 0 Å². The van der Waals surface area contributed by atoms with E-state index in [4.69, 9.17) is 5.73 Å². The summed E-state index contributed by atoms with van der Waals surface area (Å²) in [5.41, 5.74) is 5.54. The Bertz CT molecular complexity index is 519. The molecule has 0 bridgehead atoms. The van der Waals surface area contributed by atoms with Crippen molar-refractivity contribution in [1.29, 1.82) is 0 Å². The predicted octanol–water partition coefficient (Wildman–Crippen LogP) is 3.10. The summed E-state index contributed by atoms with van der Waals surface area (Å²) in [5.74, 6) is -1.51. The molecule has 0 radical (unpaired) electrons. The highest BCUT2D eigenvalue weighted by atomic mass is 19.2. The van der Waals surface area contributed by atoms with Crippen molar-refractivity contribution in [3.63, 3.8) is 0 Å². The van der Waals surface area contributed by atoms with E-state index in [1.165, 1.54) is 0 Å². The van der Waals surface area contributed by atoms with Gasteiger partial charge in [0, 0.05) is 17.8 Å². The summed E-state index contributed by atoms with van der Waals surface area (Å²) in [6.45, 7) is 4.29. The fraction of sp³-hybridized carbons (Fsp3) is 0.533. The van der Waals surface area contributed by atoms with Gasteiger partial charge in [-0.15, -0.1) is 0 Å². The van der Waals surface area contributed by atoms with Gasteiger partial charge in [-0.25, -0.2) is 8.78 Å². The van der Waals surface area contributed by atoms with E-state index in [0.29, 0.717) is 11.8 Å². The molecule has 110 valence electrons. The van der Waals surface area contributed by atoms with Gasteiger partial charge in [-0.05, 0) is 37.2 Å². The third-order valence-electron chi connectivity index (χ3n) is 4.09. The van der Waals surface area contributed by atoms with Crippen molar-refractivity contribution in [1.82, 2.24) is 5.32 Å². The third kappa shape index (κ3) is 3.08. The van der Waals surface area contributed by atoms with Gasteiger partial charge in [0.2, 0.25) is 0 Å². The van der Waals surface area contributed by atoms with Crippen LogP contribution in [0.25, 0.3) is 0 Å². The summed E-state index contributed by atoms with van der Waals surface area (Å²) in [6.07, 6.45) is 3.01. The van der Waals surface area contributed by atoms with Gasteiger partial charge < -0.3 is 11.1 Å². The molecular weight excluding hydrogens is 262 g/mol. The maximum Gasteiger partial charge on any atom is 0.253 e. The number of nitrogens with one attached hydrogen (secondary N) is 1. The average molecular weight is 282 g/mol. The number of hydrogen-bond acceptors (Lipinski definition) is 2. The summed E-state index contributed by atoms with van der Waals surface area (Å²) in [4.78, 5) is 12.1. The minimum atomic E-state index is -1.06. The molecule has 0 heterocycles. The Morgan fingerprint density at radius 3 is 2.55 bits per heavy atom. The lowest BCUT2D eigenvalue weighted by Crippen LogP contribution is -2.42. The molecule has 0 saturated heterocycles. The van der Waals surface area contributed by atoms with Crippen molar-refractivity contribution >= 4 is 11.6 Å². The molecule has 1 saturated carbocycles. The molecule has 3 nitrogen and oxygen atoms in total. The van der Waals surface area contributed by atoms with Gasteiger partial charge in [0.15, 0.2) is 11.6 Å². The van der Waals surface area contributed by atoms with Crippen LogP contribution in [0.4, 0.5) is 14.5 Å². The van der Waals surface area contributed by atoms with E-state index in [2.05, 4.69) is 19.2 Å². The molecule has 5 heteroatoms. The second-order valence-corrected chi connectivity index (χ2v) is 5.83. The molecule has 3 N–H and O–H groups in total. The lowest BCUT2D eigenvalue weighted by Gasteiger charge is -2.33. The van der Waals surface area contributed by atoms with Crippen LogP contribution in [0.15, 0.2) is 12.1 Å². The number of halogens is 2. The van der Waals surface area contributed by atoms with Crippen molar-refractivity contribution in [2.75, 3.05) is 5.73 Å². The van der Waals surface area contributed by atoms with Crippen molar-refractivity contribution in [3.05, 3.63) is 29.3 Å². The molecule has 20 heavy (non-hydrogen) atoms. The van der Waals surface area contributed by atoms with Crippen molar-refractivity contribution < 1.29 is 13.6 Å². The van der Waals surface area contributed by atoms with Gasteiger partial charge in [0.1, 0.15) is 0 Å². The molecule has 0 aliphatic heterocycles. The van der Waals surface area contributed by atoms with Gasteiger partial charge in [0.25, 0.3) is 5.91 Å². The maximum absolute atomic E-state index is 13.2. The van der Waals surface area contributed by atoms with Gasteiger partial charge in [-0.2, -0.15) is 0 Å². The molecule has 3 atom stereocenters. The lowest BCUT2D eigenvalue weighted by atomic mass is 9.80. The van der Waals surface area contributed by atoms with Gasteiger partial charge in [-0.1, -0.05) is 13.8 Å². The Hall–Kier alpha value is -1.65. The largest absolute Gasteiger partial charge is 0.398 e. The van der Waals surface area contributed by atoms with Crippen LogP contribution in [0.1, 0.15) is 43.5 Å². The molecule has 0 aromatic heterocycles. The molecule has 1 aromatic carbocycles. The van der Waals surface area contributed by atoms with Crippen LogP contribution in [0.5, 0.6) is 0 Å². The third-order valence-corrected chi connectivity index (χ3v) is 4.09. The van der Waals surface area contributed by atoms with E-state index in [0.717, 1.165) is 31.4 Å². The minimum Gasteiger partial charge on any atom is -0.398 e. The minimum absolute atomic E-state index is 0.00489. The molecule has 1 aliphatic carbocycles. The zero-order valence-electron chi connectivity index (χ0n) is 11.7. The molecule has 2 rings (SSSR count). The van der Waals surface area contributed by atoms with Crippen LogP contribution in [-0.4, -0.2) is 11.9 Å². The number of benzene rings is 1. The SMILES string of the molecule is CC1CCC(NC(=O)c2cc(F)c(F)cc2N)C(C)C1. The molecular formula is C15H20F2N2O. The number of anilines is 1. The number of rotatable bonds is 2. The normalized spacial score (nSPS) is 26.3. The molecule has 1 fully saturated rings. The van der Waals surface area contributed by atoms with Crippen molar-refractivity contribution in [3.8, 4) is 0 Å². The Balaban J connectivity index is 2.11. The van der Waals surface area contributed by atoms with Crippen LogP contribution >= 0.6 is 0 Å². The maximum atomic E-state index is 13.2. The summed E-state index contributed by atoms with van der Waals surface area (Å²) in [7, 11) is 0. The molecule has 0 spiro atoms. The van der Waals surface area contributed by atoms with E-state index >= 15 is 0 Å². The van der Waals surface area contributed by atoms with Crippen molar-refractivity contribution in [2.45, 2.75) is 39.2 Å².